The summed E-state index contributed by atoms with van der Waals surface area (Å²) in [5, 5.41) is 10.7. The van der Waals surface area contributed by atoms with Crippen molar-refractivity contribution in [2.75, 3.05) is 40.8 Å². The zero-order valence-electron chi connectivity index (χ0n) is 13.7. The van der Waals surface area contributed by atoms with Gasteiger partial charge in [0.05, 0.1) is 5.60 Å². The number of β-amino-alcohol motifs (C(OH)–C–C–N with tert-alkyl or cyclic N) is 1. The molecule has 0 radical (unpaired) electrons. The van der Waals surface area contributed by atoms with Gasteiger partial charge in [-0.15, -0.1) is 0 Å². The van der Waals surface area contributed by atoms with Gasteiger partial charge in [0.15, 0.2) is 0 Å². The first-order valence-electron chi connectivity index (χ1n) is 7.45. The highest BCUT2D eigenvalue weighted by Crippen LogP contribution is 2.25. The molecule has 130 valence electrons. The molecule has 1 fully saturated rings. The minimum atomic E-state index is -3.50. The zero-order chi connectivity index (χ0) is 17.3. The third-order valence-electron chi connectivity index (χ3n) is 4.01. The Bertz CT molecular complexity index is 636. The Labute approximate surface area is 137 Å². The monoisotopic (exact) mass is 345 g/mol. The number of benzene rings is 1. The maximum absolute atomic E-state index is 12.9. The van der Waals surface area contributed by atoms with Crippen LogP contribution in [0.25, 0.3) is 0 Å². The number of halogens is 1. The van der Waals surface area contributed by atoms with Gasteiger partial charge in [-0.25, -0.2) is 4.39 Å². The van der Waals surface area contributed by atoms with Crippen LogP contribution in [0, 0.1) is 5.82 Å². The predicted molar refractivity (Wildman–Crippen MR) is 86.5 cm³/mol. The van der Waals surface area contributed by atoms with Crippen LogP contribution in [-0.4, -0.2) is 73.4 Å². The van der Waals surface area contributed by atoms with Crippen LogP contribution in [0.1, 0.15) is 12.0 Å². The number of nitrogens with zero attached hydrogens (tertiary/aromatic N) is 3. The fourth-order valence-electron chi connectivity index (χ4n) is 2.84. The first kappa shape index (κ1) is 18.3. The lowest BCUT2D eigenvalue weighted by Crippen LogP contribution is -2.46. The summed E-state index contributed by atoms with van der Waals surface area (Å²) >= 11 is 0. The molecule has 0 saturated carbocycles. The van der Waals surface area contributed by atoms with Crippen LogP contribution in [0.2, 0.25) is 0 Å². The van der Waals surface area contributed by atoms with Gasteiger partial charge < -0.3 is 5.11 Å². The lowest BCUT2D eigenvalue weighted by atomic mass is 10.0. The van der Waals surface area contributed by atoms with Crippen molar-refractivity contribution in [3.05, 3.63) is 35.6 Å². The van der Waals surface area contributed by atoms with Gasteiger partial charge >= 0.3 is 0 Å². The predicted octanol–water partition coefficient (Wildman–Crippen LogP) is 0.501. The van der Waals surface area contributed by atoms with Gasteiger partial charge in [0.25, 0.3) is 10.2 Å². The molecule has 0 aliphatic carbocycles. The zero-order valence-corrected chi connectivity index (χ0v) is 14.6. The van der Waals surface area contributed by atoms with Gasteiger partial charge in [-0.3, -0.25) is 4.90 Å². The molecule has 1 N–H and O–H groups in total. The van der Waals surface area contributed by atoms with E-state index in [9.17, 15) is 17.9 Å². The van der Waals surface area contributed by atoms with Crippen LogP contribution in [0.3, 0.4) is 0 Å². The fourth-order valence-corrected chi connectivity index (χ4v) is 4.02. The van der Waals surface area contributed by atoms with E-state index in [0.717, 1.165) is 9.87 Å². The molecule has 1 aliphatic heterocycles. The second-order valence-electron chi connectivity index (χ2n) is 6.40. The number of rotatable bonds is 6. The quantitative estimate of drug-likeness (QED) is 0.816. The van der Waals surface area contributed by atoms with Gasteiger partial charge in [-0.1, -0.05) is 12.1 Å². The highest BCUT2D eigenvalue weighted by molar-refractivity contribution is 7.86. The lowest BCUT2D eigenvalue weighted by molar-refractivity contribution is 0.0217. The smallest absolute Gasteiger partial charge is 0.281 e. The molecule has 0 amide bonds. The summed E-state index contributed by atoms with van der Waals surface area (Å²) in [4.78, 5) is 1.92. The molecule has 6 nitrogen and oxygen atoms in total. The minimum Gasteiger partial charge on any atom is -0.387 e. The highest BCUT2D eigenvalue weighted by atomic mass is 32.2. The molecule has 8 heteroatoms. The summed E-state index contributed by atoms with van der Waals surface area (Å²) in [6.07, 6.45) is 0.397. The van der Waals surface area contributed by atoms with Crippen molar-refractivity contribution in [3.8, 4) is 0 Å². The average Bonchev–Trinajstić information content (AvgIpc) is 2.84. The second kappa shape index (κ2) is 6.82. The van der Waals surface area contributed by atoms with E-state index in [0.29, 0.717) is 26.1 Å². The molecular weight excluding hydrogens is 321 g/mol. The van der Waals surface area contributed by atoms with E-state index in [1.807, 2.05) is 11.9 Å². The van der Waals surface area contributed by atoms with E-state index >= 15 is 0 Å². The SMILES string of the molecule is CN(Cc1ccc(F)cc1)CC1(O)CCN(S(=O)(=O)N(C)C)C1. The van der Waals surface area contributed by atoms with Crippen molar-refractivity contribution in [1.29, 1.82) is 0 Å². The standard InChI is InChI=1S/C15H24FN3O3S/c1-17(2)23(21,22)19-9-8-15(20,12-19)11-18(3)10-13-4-6-14(16)7-5-13/h4-7,20H,8-12H2,1-3H3. The molecule has 23 heavy (non-hydrogen) atoms. The Morgan fingerprint density at radius 2 is 1.87 bits per heavy atom. The molecule has 2 rings (SSSR count). The summed E-state index contributed by atoms with van der Waals surface area (Å²) in [5.74, 6) is -0.282. The van der Waals surface area contributed by atoms with Crippen LogP contribution in [0.15, 0.2) is 24.3 Å². The Kier molecular flexibility index (Phi) is 5.42. The average molecular weight is 345 g/mol. The summed E-state index contributed by atoms with van der Waals surface area (Å²) in [6.45, 7) is 1.30. The number of aliphatic hydroxyl groups is 1. The normalized spacial score (nSPS) is 23.1. The third kappa shape index (κ3) is 4.48. The van der Waals surface area contributed by atoms with Crippen LogP contribution in [0.5, 0.6) is 0 Å². The van der Waals surface area contributed by atoms with Gasteiger partial charge in [0, 0.05) is 40.3 Å². The third-order valence-corrected chi connectivity index (χ3v) is 5.90. The molecule has 1 aliphatic rings. The largest absolute Gasteiger partial charge is 0.387 e. The number of hydrogen-bond acceptors (Lipinski definition) is 4. The van der Waals surface area contributed by atoms with E-state index in [4.69, 9.17) is 0 Å². The van der Waals surface area contributed by atoms with E-state index < -0.39 is 15.8 Å². The van der Waals surface area contributed by atoms with Gasteiger partial charge in [0.2, 0.25) is 0 Å². The van der Waals surface area contributed by atoms with Crippen LogP contribution in [-0.2, 0) is 16.8 Å². The summed E-state index contributed by atoms with van der Waals surface area (Å²) < 4.78 is 39.6. The van der Waals surface area contributed by atoms with Crippen molar-refractivity contribution in [3.63, 3.8) is 0 Å². The van der Waals surface area contributed by atoms with E-state index in [1.54, 1.807) is 12.1 Å². The van der Waals surface area contributed by atoms with Crippen molar-refractivity contribution in [2.45, 2.75) is 18.6 Å². The molecule has 1 saturated heterocycles. The Morgan fingerprint density at radius 1 is 1.26 bits per heavy atom. The molecule has 1 unspecified atom stereocenters. The van der Waals surface area contributed by atoms with Crippen LogP contribution < -0.4 is 0 Å². The molecular formula is C15H24FN3O3S. The topological polar surface area (TPSA) is 64.1 Å². The van der Waals surface area contributed by atoms with Gasteiger partial charge in [0.1, 0.15) is 5.82 Å². The van der Waals surface area contributed by atoms with Crippen LogP contribution >= 0.6 is 0 Å². The summed E-state index contributed by atoms with van der Waals surface area (Å²) in [7, 11) is 1.31. The van der Waals surface area contributed by atoms with E-state index in [2.05, 4.69) is 0 Å². The van der Waals surface area contributed by atoms with Crippen molar-refractivity contribution in [2.24, 2.45) is 0 Å². The molecule has 1 aromatic carbocycles. The lowest BCUT2D eigenvalue weighted by Gasteiger charge is -2.29. The second-order valence-corrected chi connectivity index (χ2v) is 8.54. The molecule has 1 atom stereocenters. The van der Waals surface area contributed by atoms with Crippen molar-refractivity contribution in [1.82, 2.24) is 13.5 Å². The Hall–Kier alpha value is -1.06. The number of likely N-dealkylation sites (N-methyl/N-ethyl adjacent to an activating group) is 1. The van der Waals surface area contributed by atoms with E-state index in [-0.39, 0.29) is 12.4 Å². The molecule has 0 spiro atoms. The van der Waals surface area contributed by atoms with Crippen LogP contribution in [0.4, 0.5) is 4.39 Å². The van der Waals surface area contributed by atoms with Gasteiger partial charge in [-0.05, 0) is 31.2 Å². The first-order valence-corrected chi connectivity index (χ1v) is 8.85. The number of hydrogen-bond donors (Lipinski definition) is 1. The summed E-state index contributed by atoms with van der Waals surface area (Å²) in [6, 6.07) is 6.21. The molecule has 1 aromatic rings. The Balaban J connectivity index is 1.96. The van der Waals surface area contributed by atoms with Crippen molar-refractivity contribution < 1.29 is 17.9 Å². The molecule has 0 bridgehead atoms. The first-order chi connectivity index (χ1) is 10.6. The van der Waals surface area contributed by atoms with Crippen molar-refractivity contribution >= 4 is 10.2 Å². The molecule has 1 heterocycles. The Morgan fingerprint density at radius 3 is 2.43 bits per heavy atom. The van der Waals surface area contributed by atoms with E-state index in [1.165, 1.54) is 30.5 Å². The van der Waals surface area contributed by atoms with Gasteiger partial charge in [-0.2, -0.15) is 17.0 Å². The highest BCUT2D eigenvalue weighted by Gasteiger charge is 2.42. The summed E-state index contributed by atoms with van der Waals surface area (Å²) in [5.41, 5.74) is -0.133. The molecule has 0 aromatic heterocycles. The maximum Gasteiger partial charge on any atom is 0.281 e. The minimum absolute atomic E-state index is 0.0846. The maximum atomic E-state index is 12.9. The fraction of sp³-hybridized carbons (Fsp3) is 0.600.